The van der Waals surface area contributed by atoms with Crippen LogP contribution in [0.5, 0.6) is 0 Å². The van der Waals surface area contributed by atoms with Gasteiger partial charge in [-0.15, -0.1) is 5.10 Å². The van der Waals surface area contributed by atoms with E-state index < -0.39 is 11.4 Å². The largest absolute Gasteiger partial charge is 0.481 e. The van der Waals surface area contributed by atoms with Crippen molar-refractivity contribution < 1.29 is 9.90 Å². The smallest absolute Gasteiger partial charge is 0.311 e. The summed E-state index contributed by atoms with van der Waals surface area (Å²) in [7, 11) is 0. The number of nitrogens with zero attached hydrogens (tertiary/aromatic N) is 5. The molecule has 112 valence electrons. The summed E-state index contributed by atoms with van der Waals surface area (Å²) < 4.78 is 2.34. The summed E-state index contributed by atoms with van der Waals surface area (Å²) >= 11 is 3.35. The van der Waals surface area contributed by atoms with Crippen molar-refractivity contribution in [3.63, 3.8) is 0 Å². The fourth-order valence-corrected chi connectivity index (χ4v) is 2.55. The minimum atomic E-state index is -0.871. The van der Waals surface area contributed by atoms with Gasteiger partial charge in [-0.1, -0.05) is 13.8 Å². The van der Waals surface area contributed by atoms with Gasteiger partial charge in [0, 0.05) is 22.4 Å². The minimum Gasteiger partial charge on any atom is -0.481 e. The number of carboxylic acids is 1. The highest BCUT2D eigenvalue weighted by molar-refractivity contribution is 9.10. The highest BCUT2D eigenvalue weighted by atomic mass is 79.9. The average Bonchev–Trinajstić information content (AvgIpc) is 2.92. The molecule has 0 atom stereocenters. The molecule has 0 fully saturated rings. The molecule has 0 aromatic carbocycles. The topological polar surface area (TPSA) is 93.8 Å². The van der Waals surface area contributed by atoms with E-state index in [1.807, 2.05) is 19.9 Å². The first-order chi connectivity index (χ1) is 10.0. The Balaban J connectivity index is 2.39. The molecule has 21 heavy (non-hydrogen) atoms. The van der Waals surface area contributed by atoms with Crippen LogP contribution in [0, 0.1) is 5.41 Å². The maximum absolute atomic E-state index is 11.6. The molecule has 2 heterocycles. The van der Waals surface area contributed by atoms with E-state index >= 15 is 0 Å². The van der Waals surface area contributed by atoms with Gasteiger partial charge in [-0.05, 0) is 45.3 Å². The Morgan fingerprint density at radius 1 is 1.38 bits per heavy atom. The van der Waals surface area contributed by atoms with Gasteiger partial charge >= 0.3 is 5.97 Å². The molecular weight excluding hydrogens is 338 g/mol. The summed E-state index contributed by atoms with van der Waals surface area (Å²) in [5.41, 5.74) is -0.135. The third kappa shape index (κ3) is 3.10. The molecule has 2 rings (SSSR count). The Kier molecular flexibility index (Phi) is 4.66. The van der Waals surface area contributed by atoms with Gasteiger partial charge in [-0.2, -0.15) is 0 Å². The zero-order valence-corrected chi connectivity index (χ0v) is 13.4. The molecule has 0 aliphatic carbocycles. The van der Waals surface area contributed by atoms with Crippen LogP contribution in [0.2, 0.25) is 0 Å². The summed E-state index contributed by atoms with van der Waals surface area (Å²) in [6.45, 7) is 3.95. The van der Waals surface area contributed by atoms with E-state index in [1.54, 1.807) is 12.4 Å². The van der Waals surface area contributed by atoms with Crippen molar-refractivity contribution >= 4 is 21.9 Å². The molecule has 0 bridgehead atoms. The third-order valence-corrected chi connectivity index (χ3v) is 4.19. The monoisotopic (exact) mass is 353 g/mol. The lowest BCUT2D eigenvalue weighted by Gasteiger charge is -2.26. The standard InChI is InChI=1S/C13H16BrN5O2/c1-3-13(4-2,12(20)21)8-19-11(16-17-18-19)9-5-10(14)7-15-6-9/h5-7H,3-4,8H2,1-2H3,(H,20,21). The number of carbonyl (C=O) groups is 1. The number of halogens is 1. The van der Waals surface area contributed by atoms with Crippen LogP contribution in [0.25, 0.3) is 11.4 Å². The molecule has 0 radical (unpaired) electrons. The second kappa shape index (κ2) is 6.30. The lowest BCUT2D eigenvalue weighted by molar-refractivity contribution is -0.150. The number of hydrogen-bond donors (Lipinski definition) is 1. The van der Waals surface area contributed by atoms with E-state index in [9.17, 15) is 9.90 Å². The van der Waals surface area contributed by atoms with Crippen LogP contribution in [-0.4, -0.2) is 36.3 Å². The molecule has 2 aromatic heterocycles. The van der Waals surface area contributed by atoms with Crippen molar-refractivity contribution in [1.82, 2.24) is 25.2 Å². The third-order valence-electron chi connectivity index (χ3n) is 3.75. The van der Waals surface area contributed by atoms with Crippen molar-refractivity contribution in [2.45, 2.75) is 33.2 Å². The van der Waals surface area contributed by atoms with Crippen molar-refractivity contribution in [3.05, 3.63) is 22.9 Å². The van der Waals surface area contributed by atoms with Crippen LogP contribution < -0.4 is 0 Å². The van der Waals surface area contributed by atoms with Crippen molar-refractivity contribution in [1.29, 1.82) is 0 Å². The highest BCUT2D eigenvalue weighted by Gasteiger charge is 2.36. The summed E-state index contributed by atoms with van der Waals surface area (Å²) in [6.07, 6.45) is 4.33. The normalized spacial score (nSPS) is 11.6. The van der Waals surface area contributed by atoms with E-state index in [-0.39, 0.29) is 6.54 Å². The SMILES string of the molecule is CCC(CC)(Cn1nnnc1-c1cncc(Br)c1)C(=O)O. The molecule has 1 N–H and O–H groups in total. The molecule has 2 aromatic rings. The van der Waals surface area contributed by atoms with Crippen molar-refractivity contribution in [3.8, 4) is 11.4 Å². The molecule has 8 heteroatoms. The molecule has 0 aliphatic heterocycles. The first-order valence-corrected chi connectivity index (χ1v) is 7.42. The van der Waals surface area contributed by atoms with E-state index in [2.05, 4.69) is 36.4 Å². The van der Waals surface area contributed by atoms with Gasteiger partial charge in [0.15, 0.2) is 5.82 Å². The van der Waals surface area contributed by atoms with Crippen LogP contribution in [-0.2, 0) is 11.3 Å². The number of aliphatic carboxylic acids is 1. The maximum atomic E-state index is 11.6. The predicted octanol–water partition coefficient (Wildman–Crippen LogP) is 2.39. The van der Waals surface area contributed by atoms with Crippen LogP contribution in [0.1, 0.15) is 26.7 Å². The van der Waals surface area contributed by atoms with Crippen LogP contribution >= 0.6 is 15.9 Å². The number of carboxylic acid groups (broad SMARTS) is 1. The Morgan fingerprint density at radius 3 is 2.67 bits per heavy atom. The first-order valence-electron chi connectivity index (χ1n) is 6.63. The van der Waals surface area contributed by atoms with Gasteiger partial charge in [0.1, 0.15) is 0 Å². The number of hydrogen-bond acceptors (Lipinski definition) is 5. The zero-order chi connectivity index (χ0) is 15.5. The summed E-state index contributed by atoms with van der Waals surface area (Å²) in [4.78, 5) is 15.7. The molecular formula is C13H16BrN5O2. The van der Waals surface area contributed by atoms with E-state index in [4.69, 9.17) is 0 Å². The molecule has 0 saturated carbocycles. The summed E-state index contributed by atoms with van der Waals surface area (Å²) in [6, 6.07) is 1.84. The van der Waals surface area contributed by atoms with E-state index in [0.29, 0.717) is 18.7 Å². The second-order valence-corrected chi connectivity index (χ2v) is 5.76. The Hall–Kier alpha value is -1.83. The molecule has 7 nitrogen and oxygen atoms in total. The highest BCUT2D eigenvalue weighted by Crippen LogP contribution is 2.30. The van der Waals surface area contributed by atoms with Crippen LogP contribution in [0.15, 0.2) is 22.9 Å². The van der Waals surface area contributed by atoms with Crippen LogP contribution in [0.4, 0.5) is 0 Å². The van der Waals surface area contributed by atoms with Gasteiger partial charge in [0.05, 0.1) is 12.0 Å². The molecule has 0 amide bonds. The van der Waals surface area contributed by atoms with E-state index in [1.165, 1.54) is 4.68 Å². The fraction of sp³-hybridized carbons (Fsp3) is 0.462. The summed E-state index contributed by atoms with van der Waals surface area (Å²) in [5, 5.41) is 21.1. The molecule has 0 spiro atoms. The average molecular weight is 354 g/mol. The van der Waals surface area contributed by atoms with Gasteiger partial charge in [-0.25, -0.2) is 4.68 Å². The number of rotatable bonds is 6. The maximum Gasteiger partial charge on any atom is 0.311 e. The predicted molar refractivity (Wildman–Crippen MR) is 79.4 cm³/mol. The molecule has 0 unspecified atom stereocenters. The zero-order valence-electron chi connectivity index (χ0n) is 11.8. The molecule has 0 aliphatic rings. The van der Waals surface area contributed by atoms with Crippen molar-refractivity contribution in [2.24, 2.45) is 5.41 Å². The van der Waals surface area contributed by atoms with Gasteiger partial charge in [-0.3, -0.25) is 9.78 Å². The second-order valence-electron chi connectivity index (χ2n) is 4.84. The number of pyridine rings is 1. The Morgan fingerprint density at radius 2 is 2.10 bits per heavy atom. The lowest BCUT2D eigenvalue weighted by Crippen LogP contribution is -2.35. The van der Waals surface area contributed by atoms with Crippen molar-refractivity contribution in [2.75, 3.05) is 0 Å². The van der Waals surface area contributed by atoms with Crippen LogP contribution in [0.3, 0.4) is 0 Å². The minimum absolute atomic E-state index is 0.226. The first kappa shape index (κ1) is 15.6. The molecule has 0 saturated heterocycles. The van der Waals surface area contributed by atoms with E-state index in [0.717, 1.165) is 10.0 Å². The quantitative estimate of drug-likeness (QED) is 0.856. The summed E-state index contributed by atoms with van der Waals surface area (Å²) in [5.74, 6) is -0.322. The Labute approximate surface area is 130 Å². The Bertz CT molecular complexity index is 639. The number of aromatic nitrogens is 5. The van der Waals surface area contributed by atoms with Gasteiger partial charge in [0.2, 0.25) is 0 Å². The fourth-order valence-electron chi connectivity index (χ4n) is 2.18. The van der Waals surface area contributed by atoms with Gasteiger partial charge in [0.25, 0.3) is 0 Å². The van der Waals surface area contributed by atoms with Gasteiger partial charge < -0.3 is 5.11 Å². The number of tetrazole rings is 1. The lowest BCUT2D eigenvalue weighted by atomic mass is 9.82.